The standard InChI is InChI=1S/C14H27N5O.HI/c1-6-12-11(13(7-2)19(4)18-12)8-16-14(15)17-10(3)9-20-5;/h10H,6-9H2,1-5H3,(H3,15,16,17);1H. The van der Waals surface area contributed by atoms with E-state index in [0.29, 0.717) is 19.1 Å². The molecular weight excluding hydrogens is 381 g/mol. The van der Waals surface area contributed by atoms with Crippen LogP contribution in [0.1, 0.15) is 37.7 Å². The maximum Gasteiger partial charge on any atom is 0.189 e. The maximum atomic E-state index is 5.90. The Labute approximate surface area is 144 Å². The number of aliphatic imine (C=N–C) groups is 1. The fourth-order valence-corrected chi connectivity index (χ4v) is 2.33. The van der Waals surface area contributed by atoms with Crippen LogP contribution in [0.15, 0.2) is 4.99 Å². The minimum absolute atomic E-state index is 0. The highest BCUT2D eigenvalue weighted by molar-refractivity contribution is 14.0. The second kappa shape index (κ2) is 9.99. The average Bonchev–Trinajstić information content (AvgIpc) is 2.71. The first-order chi connectivity index (χ1) is 9.53. The van der Waals surface area contributed by atoms with E-state index in [-0.39, 0.29) is 30.0 Å². The van der Waals surface area contributed by atoms with Crippen molar-refractivity contribution >= 4 is 29.9 Å². The Hall–Kier alpha value is -0.830. The van der Waals surface area contributed by atoms with Gasteiger partial charge in [0.05, 0.1) is 18.8 Å². The van der Waals surface area contributed by atoms with Crippen LogP contribution in [-0.2, 0) is 31.2 Å². The number of nitrogens with two attached hydrogens (primary N) is 1. The van der Waals surface area contributed by atoms with Gasteiger partial charge in [0.15, 0.2) is 5.96 Å². The number of halogens is 1. The molecule has 0 saturated heterocycles. The summed E-state index contributed by atoms with van der Waals surface area (Å²) >= 11 is 0. The number of nitrogens with zero attached hydrogens (tertiary/aromatic N) is 3. The Balaban J connectivity index is 0.00000400. The zero-order valence-corrected chi connectivity index (χ0v) is 16.0. The van der Waals surface area contributed by atoms with E-state index in [1.165, 1.54) is 11.3 Å². The Bertz CT molecular complexity index is 458. The van der Waals surface area contributed by atoms with Gasteiger partial charge in [0, 0.05) is 31.5 Å². The van der Waals surface area contributed by atoms with E-state index in [9.17, 15) is 0 Å². The lowest BCUT2D eigenvalue weighted by molar-refractivity contribution is 0.179. The predicted molar refractivity (Wildman–Crippen MR) is 97.2 cm³/mol. The molecule has 122 valence electrons. The lowest BCUT2D eigenvalue weighted by Gasteiger charge is -2.13. The molecule has 1 rings (SSSR count). The SMILES string of the molecule is CCc1nn(C)c(CC)c1CN=C(N)NC(C)COC.I. The van der Waals surface area contributed by atoms with Gasteiger partial charge in [0.2, 0.25) is 0 Å². The average molecular weight is 409 g/mol. The number of rotatable bonds is 7. The van der Waals surface area contributed by atoms with E-state index in [1.54, 1.807) is 7.11 Å². The smallest absolute Gasteiger partial charge is 0.189 e. The van der Waals surface area contributed by atoms with Crippen LogP contribution in [0, 0.1) is 0 Å². The highest BCUT2D eigenvalue weighted by atomic mass is 127. The molecule has 1 aromatic heterocycles. The van der Waals surface area contributed by atoms with Crippen LogP contribution >= 0.6 is 24.0 Å². The first kappa shape index (κ1) is 20.2. The normalized spacial score (nSPS) is 12.9. The quantitative estimate of drug-likeness (QED) is 0.408. The van der Waals surface area contributed by atoms with E-state index < -0.39 is 0 Å². The molecule has 0 amide bonds. The van der Waals surface area contributed by atoms with Crippen molar-refractivity contribution in [3.05, 3.63) is 17.0 Å². The van der Waals surface area contributed by atoms with Gasteiger partial charge in [-0.15, -0.1) is 24.0 Å². The maximum absolute atomic E-state index is 5.90. The molecule has 1 aromatic rings. The third-order valence-electron chi connectivity index (χ3n) is 3.25. The van der Waals surface area contributed by atoms with Gasteiger partial charge >= 0.3 is 0 Å². The van der Waals surface area contributed by atoms with E-state index in [0.717, 1.165) is 18.5 Å². The minimum atomic E-state index is 0. The first-order valence-corrected chi connectivity index (χ1v) is 7.12. The van der Waals surface area contributed by atoms with E-state index in [2.05, 4.69) is 29.3 Å². The third kappa shape index (κ3) is 5.82. The van der Waals surface area contributed by atoms with Crippen molar-refractivity contribution in [2.24, 2.45) is 17.8 Å². The molecule has 1 unspecified atom stereocenters. The Morgan fingerprint density at radius 1 is 1.43 bits per heavy atom. The summed E-state index contributed by atoms with van der Waals surface area (Å²) in [7, 11) is 3.65. The summed E-state index contributed by atoms with van der Waals surface area (Å²) in [5.74, 6) is 0.447. The Morgan fingerprint density at radius 3 is 2.62 bits per heavy atom. The van der Waals surface area contributed by atoms with Crippen molar-refractivity contribution in [2.45, 2.75) is 46.2 Å². The molecule has 0 saturated carbocycles. The van der Waals surface area contributed by atoms with Crippen LogP contribution in [-0.4, -0.2) is 35.5 Å². The summed E-state index contributed by atoms with van der Waals surface area (Å²) in [6.07, 6.45) is 1.86. The summed E-state index contributed by atoms with van der Waals surface area (Å²) in [5, 5.41) is 7.64. The number of aryl methyl sites for hydroxylation is 2. The molecule has 0 aliphatic carbocycles. The topological polar surface area (TPSA) is 77.5 Å². The van der Waals surface area contributed by atoms with Crippen LogP contribution < -0.4 is 11.1 Å². The molecule has 0 aromatic carbocycles. The summed E-state index contributed by atoms with van der Waals surface area (Å²) in [6, 6.07) is 0.147. The molecular formula is C14H28IN5O. The fraction of sp³-hybridized carbons (Fsp3) is 0.714. The second-order valence-electron chi connectivity index (χ2n) is 4.90. The molecule has 0 fully saturated rings. The molecule has 3 N–H and O–H groups in total. The van der Waals surface area contributed by atoms with Gasteiger partial charge in [-0.3, -0.25) is 4.68 Å². The molecule has 1 heterocycles. The van der Waals surface area contributed by atoms with E-state index in [4.69, 9.17) is 10.5 Å². The summed E-state index contributed by atoms with van der Waals surface area (Å²) < 4.78 is 7.00. The summed E-state index contributed by atoms with van der Waals surface area (Å²) in [5.41, 5.74) is 9.42. The monoisotopic (exact) mass is 409 g/mol. The Morgan fingerprint density at radius 2 is 2.10 bits per heavy atom. The van der Waals surface area contributed by atoms with E-state index in [1.807, 2.05) is 18.7 Å². The second-order valence-corrected chi connectivity index (χ2v) is 4.90. The van der Waals surface area contributed by atoms with Gasteiger partial charge in [-0.25, -0.2) is 4.99 Å². The highest BCUT2D eigenvalue weighted by Gasteiger charge is 2.13. The molecule has 0 spiro atoms. The third-order valence-corrected chi connectivity index (χ3v) is 3.25. The van der Waals surface area contributed by atoms with Gasteiger partial charge < -0.3 is 15.8 Å². The number of nitrogens with one attached hydrogen (secondary N) is 1. The number of aromatic nitrogens is 2. The first-order valence-electron chi connectivity index (χ1n) is 7.12. The van der Waals surface area contributed by atoms with Crippen molar-refractivity contribution in [1.82, 2.24) is 15.1 Å². The number of ether oxygens (including phenoxy) is 1. The minimum Gasteiger partial charge on any atom is -0.383 e. The number of methoxy groups -OCH3 is 1. The van der Waals surface area contributed by atoms with Gasteiger partial charge in [0.25, 0.3) is 0 Å². The summed E-state index contributed by atoms with van der Waals surface area (Å²) in [6.45, 7) is 7.41. The molecule has 7 heteroatoms. The van der Waals surface area contributed by atoms with Crippen molar-refractivity contribution in [2.75, 3.05) is 13.7 Å². The molecule has 0 bridgehead atoms. The number of hydrogen-bond donors (Lipinski definition) is 2. The van der Waals surface area contributed by atoms with Crippen LogP contribution in [0.3, 0.4) is 0 Å². The van der Waals surface area contributed by atoms with Gasteiger partial charge in [0.1, 0.15) is 0 Å². The molecule has 0 aliphatic rings. The van der Waals surface area contributed by atoms with Gasteiger partial charge in [-0.2, -0.15) is 5.10 Å². The molecule has 1 atom stereocenters. The van der Waals surface area contributed by atoms with Crippen molar-refractivity contribution < 1.29 is 4.74 Å². The van der Waals surface area contributed by atoms with Gasteiger partial charge in [-0.05, 0) is 19.8 Å². The molecule has 21 heavy (non-hydrogen) atoms. The predicted octanol–water partition coefficient (Wildman–Crippen LogP) is 1.60. The van der Waals surface area contributed by atoms with Crippen molar-refractivity contribution in [3.8, 4) is 0 Å². The lowest BCUT2D eigenvalue weighted by atomic mass is 10.1. The Kier molecular flexibility index (Phi) is 9.60. The van der Waals surface area contributed by atoms with Crippen LogP contribution in [0.2, 0.25) is 0 Å². The number of guanidine groups is 1. The van der Waals surface area contributed by atoms with Crippen LogP contribution in [0.4, 0.5) is 0 Å². The lowest BCUT2D eigenvalue weighted by Crippen LogP contribution is -2.40. The van der Waals surface area contributed by atoms with Crippen LogP contribution in [0.5, 0.6) is 0 Å². The molecule has 6 nitrogen and oxygen atoms in total. The van der Waals surface area contributed by atoms with Crippen LogP contribution in [0.25, 0.3) is 0 Å². The fourth-order valence-electron chi connectivity index (χ4n) is 2.33. The zero-order chi connectivity index (χ0) is 15.1. The largest absolute Gasteiger partial charge is 0.383 e. The number of hydrogen-bond acceptors (Lipinski definition) is 3. The summed E-state index contributed by atoms with van der Waals surface area (Å²) in [4.78, 5) is 4.42. The zero-order valence-electron chi connectivity index (χ0n) is 13.6. The molecule has 0 radical (unpaired) electrons. The van der Waals surface area contributed by atoms with Gasteiger partial charge in [-0.1, -0.05) is 13.8 Å². The highest BCUT2D eigenvalue weighted by Crippen LogP contribution is 2.16. The van der Waals surface area contributed by atoms with E-state index >= 15 is 0 Å². The van der Waals surface area contributed by atoms with Crippen molar-refractivity contribution in [1.29, 1.82) is 0 Å². The molecule has 0 aliphatic heterocycles. The van der Waals surface area contributed by atoms with Crippen molar-refractivity contribution in [3.63, 3.8) is 0 Å².